The van der Waals surface area contributed by atoms with Gasteiger partial charge in [0, 0.05) is 113 Å². The normalized spacial score (nSPS) is 22.8. The van der Waals surface area contributed by atoms with Gasteiger partial charge in [0.25, 0.3) is 9.84 Å². The number of benzene rings is 4. The molecule has 4 saturated heterocycles. The van der Waals surface area contributed by atoms with E-state index in [9.17, 15) is 59.1 Å². The molecule has 4 aromatic carbocycles. The van der Waals surface area contributed by atoms with Gasteiger partial charge in [0.05, 0.1) is 51.2 Å². The van der Waals surface area contributed by atoms with Crippen molar-refractivity contribution < 1.29 is 63.8 Å². The summed E-state index contributed by atoms with van der Waals surface area (Å²) in [4.78, 5) is 83.1. The molecule has 4 amide bonds. The zero-order valence-electron chi connectivity index (χ0n) is 63.3. The fraction of sp³-hybridized carbons (Fsp3) is 0.580. The summed E-state index contributed by atoms with van der Waals surface area (Å²) in [5.74, 6) is -2.33. The lowest BCUT2D eigenvalue weighted by molar-refractivity contribution is -0.144. The van der Waals surface area contributed by atoms with Crippen LogP contribution < -0.4 is 20.9 Å². The Labute approximate surface area is 644 Å². The number of nitrogens with one attached hydrogen (secondary N) is 3. The van der Waals surface area contributed by atoms with Crippen molar-refractivity contribution in [2.24, 2.45) is 23.2 Å². The van der Waals surface area contributed by atoms with E-state index in [0.29, 0.717) is 87.7 Å². The van der Waals surface area contributed by atoms with Crippen LogP contribution in [-0.4, -0.2) is 202 Å². The van der Waals surface area contributed by atoms with E-state index in [1.165, 1.54) is 21.6 Å². The fourth-order valence-corrected chi connectivity index (χ4v) is 20.1. The first-order valence-corrected chi connectivity index (χ1v) is 42.8. The number of hydrogen-bond donors (Lipinski definition) is 4. The third-order valence-corrected chi connectivity index (χ3v) is 27.8. The summed E-state index contributed by atoms with van der Waals surface area (Å²) in [6.45, 7) is 21.8. The molecule has 5 heterocycles. The van der Waals surface area contributed by atoms with Gasteiger partial charge in [0.15, 0.2) is 15.6 Å². The monoisotopic (exact) mass is 1570 g/mol. The number of piperidine rings is 1. The number of thiazole rings is 1. The molecule has 6 aliphatic rings. The molecular formula is C81H107ClF3N9O11S3. The number of piperazine rings is 1. The predicted octanol–water partition coefficient (Wildman–Crippen LogP) is 12.1. The first kappa shape index (κ1) is 82.3. The molecule has 108 heavy (non-hydrogen) atoms. The van der Waals surface area contributed by atoms with E-state index in [2.05, 4.69) is 54.7 Å². The largest absolute Gasteiger partial charge is 0.501 e. The maximum absolute atomic E-state index is 14.4. The number of aryl methyl sites for hydroxylation is 1. The Morgan fingerprint density at radius 3 is 2.08 bits per heavy atom. The minimum atomic E-state index is -5.95. The van der Waals surface area contributed by atoms with E-state index in [-0.39, 0.29) is 72.7 Å². The highest BCUT2D eigenvalue weighted by Crippen LogP contribution is 2.43. The van der Waals surface area contributed by atoms with E-state index in [1.807, 2.05) is 88.4 Å². The van der Waals surface area contributed by atoms with Crippen LogP contribution in [0.4, 0.5) is 18.9 Å². The van der Waals surface area contributed by atoms with Gasteiger partial charge in [0.1, 0.15) is 17.8 Å². The first-order chi connectivity index (χ1) is 51.2. The van der Waals surface area contributed by atoms with Crippen molar-refractivity contribution in [3.05, 3.63) is 135 Å². The summed E-state index contributed by atoms with van der Waals surface area (Å²) >= 11 is 7.98. The van der Waals surface area contributed by atoms with Crippen LogP contribution in [-0.2, 0) is 50.0 Å². The first-order valence-electron chi connectivity index (χ1n) is 38.4. The molecule has 20 nitrogen and oxygen atoms in total. The number of morpholine rings is 1. The van der Waals surface area contributed by atoms with Gasteiger partial charge in [-0.25, -0.2) is 21.8 Å². The number of anilines is 1. The summed E-state index contributed by atoms with van der Waals surface area (Å²) in [5.41, 5.74) is 2.83. The van der Waals surface area contributed by atoms with Gasteiger partial charge in [-0.1, -0.05) is 93.8 Å². The second-order valence-electron chi connectivity index (χ2n) is 32.1. The molecule has 1 aromatic heterocycles. The third kappa shape index (κ3) is 20.5. The van der Waals surface area contributed by atoms with Crippen molar-refractivity contribution in [3.8, 4) is 10.4 Å². The zero-order valence-corrected chi connectivity index (χ0v) is 66.5. The van der Waals surface area contributed by atoms with E-state index in [0.717, 1.165) is 130 Å². The molecule has 2 aliphatic carbocycles. The molecule has 0 spiro atoms. The number of ketones is 1. The quantitative estimate of drug-likeness (QED) is 0.0357. The summed E-state index contributed by atoms with van der Waals surface area (Å²) in [6.07, 6.45) is 9.13. The number of aliphatic hydroxyl groups excluding tert-OH is 1. The molecule has 11 rings (SSSR count). The van der Waals surface area contributed by atoms with Gasteiger partial charge in [-0.2, -0.15) is 13.2 Å². The number of hydrogen-bond acceptors (Lipinski definition) is 17. The lowest BCUT2D eigenvalue weighted by Crippen LogP contribution is -2.57. The predicted molar refractivity (Wildman–Crippen MR) is 415 cm³/mol. The number of amides is 4. The number of alkyl halides is 3. The average Bonchev–Trinajstić information content (AvgIpc) is 1.01. The maximum Gasteiger partial charge on any atom is 0.501 e. The minimum Gasteiger partial charge on any atom is -0.391 e. The van der Waals surface area contributed by atoms with Gasteiger partial charge >= 0.3 is 5.51 Å². The smallest absolute Gasteiger partial charge is 0.391 e. The van der Waals surface area contributed by atoms with E-state index in [4.69, 9.17) is 16.3 Å². The van der Waals surface area contributed by atoms with Crippen molar-refractivity contribution >= 4 is 83.3 Å². The number of halogens is 4. The van der Waals surface area contributed by atoms with Gasteiger partial charge in [-0.15, -0.1) is 11.3 Å². The number of aromatic nitrogens is 1. The lowest BCUT2D eigenvalue weighted by Gasteiger charge is -2.45. The van der Waals surface area contributed by atoms with Gasteiger partial charge in [-0.05, 0) is 197 Å². The maximum atomic E-state index is 14.4. The molecule has 0 radical (unpaired) electrons. The number of likely N-dealkylation sites (tertiary alicyclic amines) is 2. The molecular weight excluding hydrogens is 1460 g/mol. The van der Waals surface area contributed by atoms with E-state index < -0.39 is 81.9 Å². The van der Waals surface area contributed by atoms with Crippen LogP contribution in [0.15, 0.2) is 112 Å². The number of carbonyl (C=O) groups excluding carboxylic acids is 5. The third-order valence-electron chi connectivity index (χ3n) is 23.4. The van der Waals surface area contributed by atoms with Crippen LogP contribution in [0.5, 0.6) is 0 Å². The van der Waals surface area contributed by atoms with Crippen LogP contribution in [0, 0.1) is 30.1 Å². The molecule has 1 unspecified atom stereocenters. The van der Waals surface area contributed by atoms with E-state index >= 15 is 0 Å². The summed E-state index contributed by atoms with van der Waals surface area (Å²) in [6, 6.07) is 23.5. The Morgan fingerprint density at radius 2 is 1.45 bits per heavy atom. The number of β-amino-alcohol motifs (C(OH)–C–C–N with tert-alkyl or cyclic N) is 1. The van der Waals surface area contributed by atoms with Crippen LogP contribution in [0.3, 0.4) is 0 Å². The number of aliphatic hydroxyl groups is 1. The minimum absolute atomic E-state index is 0.00575. The van der Waals surface area contributed by atoms with Crippen LogP contribution in [0.25, 0.3) is 16.0 Å². The molecule has 4 aliphatic heterocycles. The summed E-state index contributed by atoms with van der Waals surface area (Å²) in [5, 5.41) is 21.6. The summed E-state index contributed by atoms with van der Waals surface area (Å²) < 4.78 is 102. The number of sulfone groups is 2. The number of rotatable bonds is 27. The highest BCUT2D eigenvalue weighted by molar-refractivity contribution is 7.93. The Bertz CT molecular complexity index is 4240. The number of allylic oxidation sites excluding steroid dienone is 1. The van der Waals surface area contributed by atoms with Crippen molar-refractivity contribution in [2.45, 2.75) is 196 Å². The van der Waals surface area contributed by atoms with Crippen molar-refractivity contribution in [3.63, 3.8) is 0 Å². The van der Waals surface area contributed by atoms with Crippen molar-refractivity contribution in [1.29, 1.82) is 0 Å². The Morgan fingerprint density at radius 1 is 0.796 bits per heavy atom. The average molecular weight is 1570 g/mol. The number of nitrogens with zero attached hydrogens (tertiary/aromatic N) is 6. The molecule has 1 saturated carbocycles. The number of Topliss-reactive ketones (excluding diaryl/α,β-unsaturated/α-hetero) is 1. The zero-order chi connectivity index (χ0) is 77.5. The number of ether oxygens (including phenoxy) is 1. The highest BCUT2D eigenvalue weighted by Gasteiger charge is 2.49. The second kappa shape index (κ2) is 35.4. The Kier molecular flexibility index (Phi) is 27.0. The Hall–Kier alpha value is -6.62. The molecule has 5 aromatic rings. The van der Waals surface area contributed by atoms with Gasteiger partial charge in [0.2, 0.25) is 23.6 Å². The lowest BCUT2D eigenvalue weighted by atomic mass is 9.72. The Balaban J connectivity index is 0.625. The topological polar surface area (TPSA) is 248 Å². The van der Waals surface area contributed by atoms with Crippen LogP contribution in [0.1, 0.15) is 170 Å². The van der Waals surface area contributed by atoms with Gasteiger partial charge in [-0.3, -0.25) is 33.8 Å². The summed E-state index contributed by atoms with van der Waals surface area (Å²) in [7, 11) is -10.5. The van der Waals surface area contributed by atoms with Crippen molar-refractivity contribution in [1.82, 2.24) is 40.5 Å². The standard InChI is InChI=1S/C81H107ClF3N9O11S3/c1-8-55(30-34-90-41-43-105-44-42-90)45-62-19-26-68(47-72(62)108(103,104)81(83,84)85)107(101,102)51-71(96)60-17-24-66(25-18-60)92-39-37-91(38-40-92)49-63-48-80(7,33-29-69(63)59-13-20-64(82)21-14-59)89-65-22-15-57(16-23-65)58-31-35-93(36-32-58)74(98)28-27-73(97)88-76(79(4,5)6)78(100)94-50-67(95)46-70(94)77(99)87-53(2)56-9-11-61(12-10-56)75-54(3)86-52-106-75/h9-14,17-21,24-26,47,52-53,55,57-58,65,67,70,76,89,95H,8,15-16,22-23,27-46,48-51H2,1-7H3,(H,87,99)(H,88,97)/t53-,55-,57?,65?,67+,70-,76+,80?/m0/s1. The molecule has 6 atom stereocenters. The van der Waals surface area contributed by atoms with Crippen LogP contribution in [0.2, 0.25) is 5.02 Å². The van der Waals surface area contributed by atoms with Gasteiger partial charge < -0.3 is 40.5 Å². The molecule has 588 valence electrons. The molecule has 27 heteroatoms. The highest BCUT2D eigenvalue weighted by atomic mass is 35.5. The van der Waals surface area contributed by atoms with E-state index in [1.54, 1.807) is 35.6 Å². The van der Waals surface area contributed by atoms with Crippen molar-refractivity contribution in [2.75, 3.05) is 95.9 Å². The molecule has 5 fully saturated rings. The molecule has 0 bridgehead atoms. The second-order valence-corrected chi connectivity index (χ2v) is 37.3. The number of carbonyl (C=O) groups is 5. The fourth-order valence-electron chi connectivity index (χ4n) is 16.8. The van der Waals surface area contributed by atoms with Crippen LogP contribution >= 0.6 is 22.9 Å². The molecule has 4 N–H and O–H groups in total. The SMILES string of the molecule is CC[C@@H](CCN1CCOCC1)Cc1ccc(S(=O)(=O)CC(=O)c2ccc(N3CCN(CC4=C(c5ccc(Cl)cc5)CCC(C)(NC5CCC(C6CCN(C(=O)CCC(=O)N[C@H](C(=O)N7C[C@H](O)C[C@H]7C(=O)N[C@@H](C)c7ccc(-c8scnc8C)cc7)C(C)(C)C)CC6)CC5)C4)CC3)cc2)cc1S(=O)(=O)C(F)(F)F.